The molecule has 0 saturated carbocycles. The Balaban J connectivity index is 3.02. The van der Waals surface area contributed by atoms with Gasteiger partial charge in [-0.2, -0.15) is 13.2 Å². The number of carbonyl (C=O) groups is 1. The van der Waals surface area contributed by atoms with E-state index >= 15 is 0 Å². The van der Waals surface area contributed by atoms with Gasteiger partial charge in [0.05, 0.1) is 11.6 Å². The molecule has 0 aliphatic carbocycles. The van der Waals surface area contributed by atoms with Gasteiger partial charge in [0, 0.05) is 12.5 Å². The second kappa shape index (κ2) is 4.73. The molecule has 1 rings (SSSR count). The quantitative estimate of drug-likeness (QED) is 0.802. The van der Waals surface area contributed by atoms with E-state index in [1.165, 1.54) is 13.8 Å². The number of alkyl halides is 3. The number of nitrogens with one attached hydrogen (secondary N) is 1. The highest BCUT2D eigenvalue weighted by Crippen LogP contribution is 2.31. The van der Waals surface area contributed by atoms with Crippen LogP contribution in [0.25, 0.3) is 0 Å². The summed E-state index contributed by atoms with van der Waals surface area (Å²) < 4.78 is 50.3. The van der Waals surface area contributed by atoms with E-state index in [9.17, 15) is 22.4 Å². The van der Waals surface area contributed by atoms with Crippen LogP contribution in [0, 0.1) is 5.82 Å². The summed E-state index contributed by atoms with van der Waals surface area (Å²) in [5.74, 6) is -1.36. The fourth-order valence-corrected chi connectivity index (χ4v) is 1.44. The molecular formula is C11H11F4NO. The molecule has 1 aromatic rings. The van der Waals surface area contributed by atoms with Gasteiger partial charge in [-0.15, -0.1) is 0 Å². The van der Waals surface area contributed by atoms with Crippen LogP contribution in [-0.2, 0) is 11.0 Å². The molecule has 0 saturated heterocycles. The lowest BCUT2D eigenvalue weighted by atomic mass is 10.0. The van der Waals surface area contributed by atoms with Crippen LogP contribution in [0.4, 0.5) is 17.6 Å². The van der Waals surface area contributed by atoms with Gasteiger partial charge in [0.25, 0.3) is 0 Å². The first-order valence-electron chi connectivity index (χ1n) is 4.85. The van der Waals surface area contributed by atoms with Crippen molar-refractivity contribution in [3.05, 3.63) is 35.1 Å². The predicted octanol–water partition coefficient (Wildman–Crippen LogP) is 3.04. The van der Waals surface area contributed by atoms with Gasteiger partial charge in [-0.1, -0.05) is 6.07 Å². The molecule has 17 heavy (non-hydrogen) atoms. The van der Waals surface area contributed by atoms with E-state index in [-0.39, 0.29) is 11.5 Å². The molecule has 2 nitrogen and oxygen atoms in total. The summed E-state index contributed by atoms with van der Waals surface area (Å²) in [5.41, 5.74) is -1.03. The Labute approximate surface area is 95.6 Å². The molecule has 0 bridgehead atoms. The minimum atomic E-state index is -4.57. The van der Waals surface area contributed by atoms with Crippen LogP contribution in [0.3, 0.4) is 0 Å². The highest BCUT2D eigenvalue weighted by molar-refractivity contribution is 5.73. The van der Waals surface area contributed by atoms with Crippen molar-refractivity contribution in [2.75, 3.05) is 0 Å². The Morgan fingerprint density at radius 1 is 1.35 bits per heavy atom. The first-order valence-corrected chi connectivity index (χ1v) is 4.85. The Morgan fingerprint density at radius 2 is 1.94 bits per heavy atom. The van der Waals surface area contributed by atoms with Crippen LogP contribution >= 0.6 is 0 Å². The zero-order valence-electron chi connectivity index (χ0n) is 9.23. The largest absolute Gasteiger partial charge is 0.416 e. The van der Waals surface area contributed by atoms with Crippen molar-refractivity contribution in [1.82, 2.24) is 5.32 Å². The van der Waals surface area contributed by atoms with E-state index in [4.69, 9.17) is 0 Å². The molecule has 0 aliphatic rings. The van der Waals surface area contributed by atoms with E-state index in [1.54, 1.807) is 0 Å². The van der Waals surface area contributed by atoms with Gasteiger partial charge < -0.3 is 5.32 Å². The zero-order chi connectivity index (χ0) is 13.2. The van der Waals surface area contributed by atoms with Crippen molar-refractivity contribution in [2.45, 2.75) is 26.1 Å². The van der Waals surface area contributed by atoms with E-state index in [0.717, 1.165) is 12.1 Å². The molecule has 6 heteroatoms. The van der Waals surface area contributed by atoms with Gasteiger partial charge in [0.2, 0.25) is 5.91 Å². The van der Waals surface area contributed by atoms with Gasteiger partial charge >= 0.3 is 6.18 Å². The second-order valence-corrected chi connectivity index (χ2v) is 3.66. The van der Waals surface area contributed by atoms with Crippen molar-refractivity contribution in [3.8, 4) is 0 Å². The molecule has 0 heterocycles. The number of rotatable bonds is 2. The van der Waals surface area contributed by atoms with E-state index < -0.39 is 23.6 Å². The molecule has 94 valence electrons. The van der Waals surface area contributed by atoms with Crippen molar-refractivity contribution >= 4 is 5.91 Å². The van der Waals surface area contributed by atoms with Crippen LogP contribution in [0.1, 0.15) is 31.0 Å². The lowest BCUT2D eigenvalue weighted by Crippen LogP contribution is -2.24. The molecule has 1 amide bonds. The Bertz CT molecular complexity index is 428. The maximum Gasteiger partial charge on any atom is 0.416 e. The number of benzene rings is 1. The first-order chi connectivity index (χ1) is 7.71. The minimum absolute atomic E-state index is 0.0215. The smallest absolute Gasteiger partial charge is 0.350 e. The maximum absolute atomic E-state index is 13.4. The topological polar surface area (TPSA) is 29.1 Å². The Kier molecular flexibility index (Phi) is 3.75. The normalized spacial score (nSPS) is 13.3. The summed E-state index contributed by atoms with van der Waals surface area (Å²) in [4.78, 5) is 10.8. The van der Waals surface area contributed by atoms with Crippen LogP contribution in [0.2, 0.25) is 0 Å². The molecule has 0 spiro atoms. The van der Waals surface area contributed by atoms with Crippen LogP contribution < -0.4 is 5.32 Å². The zero-order valence-corrected chi connectivity index (χ0v) is 9.23. The number of halogens is 4. The number of carbonyl (C=O) groups excluding carboxylic acids is 1. The highest BCUT2D eigenvalue weighted by atomic mass is 19.4. The molecule has 0 fully saturated rings. The average molecular weight is 249 g/mol. The van der Waals surface area contributed by atoms with Gasteiger partial charge in [-0.05, 0) is 19.1 Å². The number of hydrogen-bond acceptors (Lipinski definition) is 1. The number of hydrogen-bond donors (Lipinski definition) is 1. The van der Waals surface area contributed by atoms with Gasteiger partial charge in [0.1, 0.15) is 5.82 Å². The molecule has 0 aromatic heterocycles. The molecule has 0 aliphatic heterocycles. The van der Waals surface area contributed by atoms with Crippen molar-refractivity contribution < 1.29 is 22.4 Å². The lowest BCUT2D eigenvalue weighted by molar-refractivity contribution is -0.137. The van der Waals surface area contributed by atoms with Gasteiger partial charge in [-0.25, -0.2) is 4.39 Å². The lowest BCUT2D eigenvalue weighted by Gasteiger charge is -2.15. The van der Waals surface area contributed by atoms with Crippen LogP contribution in [-0.4, -0.2) is 5.91 Å². The molecule has 1 aromatic carbocycles. The Hall–Kier alpha value is -1.59. The summed E-state index contributed by atoms with van der Waals surface area (Å²) in [6, 6.07) is 1.57. The third-order valence-corrected chi connectivity index (χ3v) is 2.21. The third kappa shape index (κ3) is 3.44. The molecule has 1 N–H and O–H groups in total. The van der Waals surface area contributed by atoms with Crippen molar-refractivity contribution in [1.29, 1.82) is 0 Å². The summed E-state index contributed by atoms with van der Waals surface area (Å²) >= 11 is 0. The standard InChI is InChI=1S/C11H11F4NO/c1-6(16-7(2)17)9-4-3-8(5-10(9)12)11(13,14)15/h3-6H,1-2H3,(H,16,17). The predicted molar refractivity (Wildman–Crippen MR) is 53.6 cm³/mol. The van der Waals surface area contributed by atoms with E-state index in [1.807, 2.05) is 0 Å². The van der Waals surface area contributed by atoms with Crippen molar-refractivity contribution in [3.63, 3.8) is 0 Å². The van der Waals surface area contributed by atoms with Gasteiger partial charge in [-0.3, -0.25) is 4.79 Å². The van der Waals surface area contributed by atoms with Crippen LogP contribution in [0.5, 0.6) is 0 Å². The van der Waals surface area contributed by atoms with E-state index in [0.29, 0.717) is 6.07 Å². The van der Waals surface area contributed by atoms with Crippen molar-refractivity contribution in [2.24, 2.45) is 0 Å². The molecule has 1 unspecified atom stereocenters. The summed E-state index contributed by atoms with van der Waals surface area (Å²) in [7, 11) is 0. The molecule has 1 atom stereocenters. The first kappa shape index (κ1) is 13.5. The summed E-state index contributed by atoms with van der Waals surface area (Å²) in [5, 5.41) is 2.40. The third-order valence-electron chi connectivity index (χ3n) is 2.21. The summed E-state index contributed by atoms with van der Waals surface area (Å²) in [6.07, 6.45) is -4.57. The monoisotopic (exact) mass is 249 g/mol. The molecule has 0 radical (unpaired) electrons. The SMILES string of the molecule is CC(=O)NC(C)c1ccc(C(F)(F)F)cc1F. The average Bonchev–Trinajstić information content (AvgIpc) is 2.14. The second-order valence-electron chi connectivity index (χ2n) is 3.66. The fraction of sp³-hybridized carbons (Fsp3) is 0.364. The Morgan fingerprint density at radius 3 is 2.35 bits per heavy atom. The summed E-state index contributed by atoms with van der Waals surface area (Å²) in [6.45, 7) is 2.74. The maximum atomic E-state index is 13.4. The van der Waals surface area contributed by atoms with E-state index in [2.05, 4.69) is 5.32 Å². The number of amides is 1. The van der Waals surface area contributed by atoms with Crippen LogP contribution in [0.15, 0.2) is 18.2 Å². The molecular weight excluding hydrogens is 238 g/mol. The minimum Gasteiger partial charge on any atom is -0.350 e. The highest BCUT2D eigenvalue weighted by Gasteiger charge is 2.31. The fourth-order valence-electron chi connectivity index (χ4n) is 1.44. The van der Waals surface area contributed by atoms with Gasteiger partial charge in [0.15, 0.2) is 0 Å².